The summed E-state index contributed by atoms with van der Waals surface area (Å²) in [5.41, 5.74) is 1.14. The molecule has 0 spiro atoms. The van der Waals surface area contributed by atoms with Crippen molar-refractivity contribution in [2.45, 2.75) is 0 Å². The summed E-state index contributed by atoms with van der Waals surface area (Å²) < 4.78 is 9.33. The number of methoxy groups -OCH3 is 1. The maximum Gasteiger partial charge on any atom is 0.377 e. The SMILES string of the molecule is COC(=O)c1onc(-c2ccccc2)c1C=O. The Morgan fingerprint density at radius 3 is 2.65 bits per heavy atom. The monoisotopic (exact) mass is 231 g/mol. The number of nitrogens with zero attached hydrogens (tertiary/aromatic N) is 1. The van der Waals surface area contributed by atoms with Crippen LogP contribution in [0, 0.1) is 0 Å². The molecule has 0 amide bonds. The summed E-state index contributed by atoms with van der Waals surface area (Å²) in [5.74, 6) is -0.900. The Kier molecular flexibility index (Phi) is 3.00. The highest BCUT2D eigenvalue weighted by Crippen LogP contribution is 2.24. The van der Waals surface area contributed by atoms with Gasteiger partial charge in [0.15, 0.2) is 6.29 Å². The van der Waals surface area contributed by atoms with Gasteiger partial charge in [-0.1, -0.05) is 35.5 Å². The lowest BCUT2D eigenvalue weighted by Crippen LogP contribution is -2.02. The number of ether oxygens (including phenoxy) is 1. The maximum atomic E-state index is 11.3. The molecule has 0 radical (unpaired) electrons. The lowest BCUT2D eigenvalue weighted by Gasteiger charge is -1.96. The van der Waals surface area contributed by atoms with Crippen LogP contribution in [-0.4, -0.2) is 24.5 Å². The molecule has 0 atom stereocenters. The van der Waals surface area contributed by atoms with Gasteiger partial charge in [-0.25, -0.2) is 4.79 Å². The molecule has 0 bridgehead atoms. The van der Waals surface area contributed by atoms with Gasteiger partial charge in [-0.05, 0) is 0 Å². The van der Waals surface area contributed by atoms with Crippen LogP contribution in [0.2, 0.25) is 0 Å². The standard InChI is InChI=1S/C12H9NO4/c1-16-12(15)11-9(7-14)10(13-17-11)8-5-3-2-4-6-8/h2-7H,1H3. The first-order chi connectivity index (χ1) is 8.27. The van der Waals surface area contributed by atoms with Crippen LogP contribution in [0.25, 0.3) is 11.3 Å². The van der Waals surface area contributed by atoms with Gasteiger partial charge < -0.3 is 9.26 Å². The number of carbonyl (C=O) groups excluding carboxylic acids is 2. The Morgan fingerprint density at radius 2 is 2.06 bits per heavy atom. The Morgan fingerprint density at radius 1 is 1.35 bits per heavy atom. The first kappa shape index (κ1) is 11.1. The van der Waals surface area contributed by atoms with Crippen LogP contribution in [0.1, 0.15) is 20.9 Å². The van der Waals surface area contributed by atoms with Crippen molar-refractivity contribution in [1.82, 2.24) is 5.16 Å². The van der Waals surface area contributed by atoms with Gasteiger partial charge in [0, 0.05) is 5.56 Å². The van der Waals surface area contributed by atoms with E-state index >= 15 is 0 Å². The second-order valence-electron chi connectivity index (χ2n) is 3.25. The number of aldehydes is 1. The van der Waals surface area contributed by atoms with Crippen molar-refractivity contribution in [2.24, 2.45) is 0 Å². The summed E-state index contributed by atoms with van der Waals surface area (Å²) in [7, 11) is 1.21. The predicted molar refractivity (Wildman–Crippen MR) is 58.7 cm³/mol. The molecule has 1 heterocycles. The summed E-state index contributed by atoms with van der Waals surface area (Å²) in [4.78, 5) is 22.3. The molecule has 1 aromatic carbocycles. The second-order valence-corrected chi connectivity index (χ2v) is 3.25. The number of aromatic nitrogens is 1. The number of benzene rings is 1. The summed E-state index contributed by atoms with van der Waals surface area (Å²) in [5, 5.41) is 3.72. The minimum atomic E-state index is -0.721. The smallest absolute Gasteiger partial charge is 0.377 e. The number of hydrogen-bond donors (Lipinski definition) is 0. The molecule has 0 N–H and O–H groups in total. The summed E-state index contributed by atoms with van der Waals surface area (Å²) in [6, 6.07) is 8.98. The summed E-state index contributed by atoms with van der Waals surface area (Å²) in [6.07, 6.45) is 0.533. The maximum absolute atomic E-state index is 11.3. The molecule has 0 aliphatic carbocycles. The van der Waals surface area contributed by atoms with Crippen molar-refractivity contribution < 1.29 is 18.8 Å². The molecule has 0 aliphatic heterocycles. The number of esters is 1. The Hall–Kier alpha value is -2.43. The quantitative estimate of drug-likeness (QED) is 0.596. The van der Waals surface area contributed by atoms with Gasteiger partial charge in [0.05, 0.1) is 12.7 Å². The molecule has 0 fully saturated rings. The highest BCUT2D eigenvalue weighted by atomic mass is 16.5. The largest absolute Gasteiger partial charge is 0.463 e. The van der Waals surface area contributed by atoms with Crippen LogP contribution >= 0.6 is 0 Å². The third-order valence-electron chi connectivity index (χ3n) is 2.26. The van der Waals surface area contributed by atoms with Crippen LogP contribution in [0.3, 0.4) is 0 Å². The minimum absolute atomic E-state index is 0.100. The van der Waals surface area contributed by atoms with E-state index in [1.54, 1.807) is 24.3 Å². The van der Waals surface area contributed by atoms with E-state index in [0.29, 0.717) is 17.5 Å². The topological polar surface area (TPSA) is 69.4 Å². The molecular weight excluding hydrogens is 222 g/mol. The van der Waals surface area contributed by atoms with E-state index in [1.165, 1.54) is 7.11 Å². The molecule has 2 aromatic rings. The number of rotatable bonds is 3. The van der Waals surface area contributed by atoms with Crippen molar-refractivity contribution >= 4 is 12.3 Å². The fourth-order valence-electron chi connectivity index (χ4n) is 1.45. The average molecular weight is 231 g/mol. The molecule has 0 aliphatic rings. The number of carbonyl (C=O) groups is 2. The predicted octanol–water partition coefficient (Wildman–Crippen LogP) is 1.94. The van der Waals surface area contributed by atoms with Gasteiger partial charge in [0.2, 0.25) is 0 Å². The summed E-state index contributed by atoms with van der Waals surface area (Å²) >= 11 is 0. The Labute approximate surface area is 97.0 Å². The molecule has 5 nitrogen and oxygen atoms in total. The van der Waals surface area contributed by atoms with Crippen LogP contribution < -0.4 is 0 Å². The van der Waals surface area contributed by atoms with Crippen LogP contribution in [-0.2, 0) is 4.74 Å². The molecule has 0 saturated heterocycles. The van der Waals surface area contributed by atoms with E-state index in [9.17, 15) is 9.59 Å². The van der Waals surface area contributed by atoms with E-state index in [0.717, 1.165) is 0 Å². The number of hydrogen-bond acceptors (Lipinski definition) is 5. The highest BCUT2D eigenvalue weighted by molar-refractivity contribution is 5.99. The molecule has 17 heavy (non-hydrogen) atoms. The van der Waals surface area contributed by atoms with Crippen molar-refractivity contribution in [1.29, 1.82) is 0 Å². The molecule has 0 saturated carbocycles. The lowest BCUT2D eigenvalue weighted by molar-refractivity contribution is 0.0552. The molecule has 5 heteroatoms. The van der Waals surface area contributed by atoms with Gasteiger partial charge in [0.1, 0.15) is 5.69 Å². The molecular formula is C12H9NO4. The van der Waals surface area contributed by atoms with E-state index in [4.69, 9.17) is 4.52 Å². The van der Waals surface area contributed by atoms with Crippen molar-refractivity contribution in [3.63, 3.8) is 0 Å². The zero-order valence-corrected chi connectivity index (χ0v) is 9.04. The second kappa shape index (κ2) is 4.61. The van der Waals surface area contributed by atoms with E-state index in [1.807, 2.05) is 6.07 Å². The fourth-order valence-corrected chi connectivity index (χ4v) is 1.45. The first-order valence-corrected chi connectivity index (χ1v) is 4.86. The van der Waals surface area contributed by atoms with Crippen molar-refractivity contribution in [2.75, 3.05) is 7.11 Å². The molecule has 0 unspecified atom stereocenters. The van der Waals surface area contributed by atoms with E-state index < -0.39 is 5.97 Å². The van der Waals surface area contributed by atoms with Gasteiger partial charge in [-0.15, -0.1) is 0 Å². The lowest BCUT2D eigenvalue weighted by atomic mass is 10.1. The molecule has 1 aromatic heterocycles. The van der Waals surface area contributed by atoms with E-state index in [2.05, 4.69) is 9.89 Å². The van der Waals surface area contributed by atoms with Crippen molar-refractivity contribution in [3.8, 4) is 11.3 Å². The zero-order valence-electron chi connectivity index (χ0n) is 9.04. The highest BCUT2D eigenvalue weighted by Gasteiger charge is 2.23. The molecule has 86 valence electrons. The van der Waals surface area contributed by atoms with Gasteiger partial charge >= 0.3 is 5.97 Å². The van der Waals surface area contributed by atoms with Gasteiger partial charge in [-0.2, -0.15) is 0 Å². The van der Waals surface area contributed by atoms with Gasteiger partial charge in [-0.3, -0.25) is 4.79 Å². The zero-order chi connectivity index (χ0) is 12.3. The van der Waals surface area contributed by atoms with E-state index in [-0.39, 0.29) is 11.3 Å². The molecule has 2 rings (SSSR count). The summed E-state index contributed by atoms with van der Waals surface area (Å²) in [6.45, 7) is 0. The third kappa shape index (κ3) is 1.94. The van der Waals surface area contributed by atoms with Crippen LogP contribution in [0.15, 0.2) is 34.9 Å². The fraction of sp³-hybridized carbons (Fsp3) is 0.0833. The third-order valence-corrected chi connectivity index (χ3v) is 2.26. The Balaban J connectivity index is 2.54. The first-order valence-electron chi connectivity index (χ1n) is 4.86. The van der Waals surface area contributed by atoms with Crippen LogP contribution in [0.4, 0.5) is 0 Å². The minimum Gasteiger partial charge on any atom is -0.463 e. The Bertz CT molecular complexity index is 545. The normalized spacial score (nSPS) is 9.94. The average Bonchev–Trinajstić information content (AvgIpc) is 2.82. The van der Waals surface area contributed by atoms with Gasteiger partial charge in [0.25, 0.3) is 5.76 Å². The van der Waals surface area contributed by atoms with Crippen LogP contribution in [0.5, 0.6) is 0 Å². The van der Waals surface area contributed by atoms with Crippen molar-refractivity contribution in [3.05, 3.63) is 41.7 Å².